The molecule has 1 N–H and O–H groups in total. The predicted molar refractivity (Wildman–Crippen MR) is 122 cm³/mol. The second kappa shape index (κ2) is 9.57. The Balaban J connectivity index is 1.50. The first-order chi connectivity index (χ1) is 15.1. The van der Waals surface area contributed by atoms with Crippen molar-refractivity contribution in [2.24, 2.45) is 0 Å². The molecule has 4 aromatic rings. The fraction of sp³-hybridized carbons (Fsp3) is 0.167. The Morgan fingerprint density at radius 2 is 1.35 bits per heavy atom. The lowest BCUT2D eigenvalue weighted by atomic mass is 10.1. The number of ether oxygens (including phenoxy) is 1. The number of anilines is 1. The molecule has 1 heterocycles. The number of benzene rings is 3. The van der Waals surface area contributed by atoms with Gasteiger partial charge in [0.15, 0.2) is 0 Å². The molecule has 0 fully saturated rings. The van der Waals surface area contributed by atoms with Gasteiger partial charge in [0.1, 0.15) is 0 Å². The summed E-state index contributed by atoms with van der Waals surface area (Å²) in [5.41, 5.74) is 2.51. The van der Waals surface area contributed by atoms with Crippen LogP contribution >= 0.6 is 0 Å². The molecular weight excluding hydrogens is 410 g/mol. The van der Waals surface area contributed by atoms with E-state index in [1.165, 1.54) is 17.7 Å². The summed E-state index contributed by atoms with van der Waals surface area (Å²) < 4.78 is 34.0. The molecule has 0 radical (unpaired) electrons. The van der Waals surface area contributed by atoms with E-state index in [0.717, 1.165) is 19.3 Å². The first kappa shape index (κ1) is 20.8. The standard InChI is InChI=1S/C24H23N3O3S/c28-31(29,20-14-5-2-6-15-20)27-23-24(26-22-17-8-7-16-21(22)25-23)30-18-10-9-13-19-11-3-1-4-12-19/h1-8,11-12,14-17H,9-10,13,18H2,(H,25,27). The van der Waals surface area contributed by atoms with Gasteiger partial charge in [-0.15, -0.1) is 0 Å². The molecule has 0 amide bonds. The number of sulfonamides is 1. The summed E-state index contributed by atoms with van der Waals surface area (Å²) in [6.07, 6.45) is 2.73. The van der Waals surface area contributed by atoms with Crippen LogP contribution in [0.3, 0.4) is 0 Å². The summed E-state index contributed by atoms with van der Waals surface area (Å²) >= 11 is 0. The molecular formula is C24H23N3O3S. The summed E-state index contributed by atoms with van der Waals surface area (Å²) in [5.74, 6) is 0.267. The van der Waals surface area contributed by atoms with Crippen molar-refractivity contribution in [2.75, 3.05) is 11.3 Å². The van der Waals surface area contributed by atoms with E-state index in [1.54, 1.807) is 24.3 Å². The van der Waals surface area contributed by atoms with E-state index in [9.17, 15) is 8.42 Å². The number of unbranched alkanes of at least 4 members (excludes halogenated alkanes) is 1. The van der Waals surface area contributed by atoms with E-state index in [-0.39, 0.29) is 16.6 Å². The lowest BCUT2D eigenvalue weighted by Gasteiger charge is -2.13. The maximum absolute atomic E-state index is 12.8. The smallest absolute Gasteiger partial charge is 0.263 e. The molecule has 6 nitrogen and oxygen atoms in total. The van der Waals surface area contributed by atoms with Crippen molar-refractivity contribution in [2.45, 2.75) is 24.2 Å². The van der Waals surface area contributed by atoms with Crippen LogP contribution in [0.25, 0.3) is 11.0 Å². The molecule has 0 spiro atoms. The average Bonchev–Trinajstić information content (AvgIpc) is 2.80. The molecule has 0 aliphatic carbocycles. The van der Waals surface area contributed by atoms with Crippen LogP contribution in [0.4, 0.5) is 5.82 Å². The zero-order valence-corrected chi connectivity index (χ0v) is 17.8. The molecule has 0 bridgehead atoms. The Morgan fingerprint density at radius 1 is 0.742 bits per heavy atom. The van der Waals surface area contributed by atoms with Gasteiger partial charge in [-0.1, -0.05) is 60.7 Å². The van der Waals surface area contributed by atoms with E-state index in [1.807, 2.05) is 36.4 Å². The van der Waals surface area contributed by atoms with Crippen molar-refractivity contribution < 1.29 is 13.2 Å². The zero-order valence-electron chi connectivity index (χ0n) is 16.9. The minimum absolute atomic E-state index is 0.0885. The molecule has 4 rings (SSSR count). The van der Waals surface area contributed by atoms with E-state index < -0.39 is 10.0 Å². The SMILES string of the molecule is O=S(=O)(Nc1nc2ccccc2nc1OCCCCc1ccccc1)c1ccccc1. The maximum atomic E-state index is 12.8. The van der Waals surface area contributed by atoms with Crippen molar-refractivity contribution in [1.29, 1.82) is 0 Å². The zero-order chi connectivity index (χ0) is 21.5. The summed E-state index contributed by atoms with van der Waals surface area (Å²) in [7, 11) is -3.81. The Kier molecular flexibility index (Phi) is 6.43. The number of para-hydroxylation sites is 2. The van der Waals surface area contributed by atoms with Gasteiger partial charge in [0, 0.05) is 0 Å². The van der Waals surface area contributed by atoms with Gasteiger partial charge in [-0.25, -0.2) is 18.4 Å². The van der Waals surface area contributed by atoms with Gasteiger partial charge in [0.2, 0.25) is 5.82 Å². The van der Waals surface area contributed by atoms with Gasteiger partial charge in [-0.05, 0) is 49.1 Å². The normalized spacial score (nSPS) is 11.4. The van der Waals surface area contributed by atoms with Crippen LogP contribution in [0.1, 0.15) is 18.4 Å². The third-order valence-corrected chi connectivity index (χ3v) is 6.12. The Morgan fingerprint density at radius 3 is 2.06 bits per heavy atom. The van der Waals surface area contributed by atoms with Gasteiger partial charge in [-0.3, -0.25) is 4.72 Å². The van der Waals surface area contributed by atoms with Crippen LogP contribution in [0.5, 0.6) is 5.88 Å². The lowest BCUT2D eigenvalue weighted by molar-refractivity contribution is 0.297. The summed E-state index contributed by atoms with van der Waals surface area (Å²) in [6.45, 7) is 0.417. The third-order valence-electron chi connectivity index (χ3n) is 4.76. The van der Waals surface area contributed by atoms with Crippen molar-refractivity contribution in [3.63, 3.8) is 0 Å². The quantitative estimate of drug-likeness (QED) is 0.382. The molecule has 0 atom stereocenters. The molecule has 158 valence electrons. The van der Waals surface area contributed by atoms with E-state index in [2.05, 4.69) is 26.8 Å². The molecule has 31 heavy (non-hydrogen) atoms. The van der Waals surface area contributed by atoms with Crippen LogP contribution in [-0.4, -0.2) is 25.0 Å². The number of hydrogen-bond donors (Lipinski definition) is 1. The fourth-order valence-electron chi connectivity index (χ4n) is 3.18. The Bertz CT molecular complexity index is 1250. The minimum Gasteiger partial charge on any atom is -0.475 e. The highest BCUT2D eigenvalue weighted by Crippen LogP contribution is 2.26. The number of rotatable bonds is 9. The van der Waals surface area contributed by atoms with Gasteiger partial charge < -0.3 is 4.74 Å². The molecule has 0 aliphatic heterocycles. The molecule has 0 saturated heterocycles. The number of aryl methyl sites for hydroxylation is 1. The summed E-state index contributed by atoms with van der Waals surface area (Å²) in [5, 5.41) is 0. The topological polar surface area (TPSA) is 81.2 Å². The number of nitrogens with zero attached hydrogens (tertiary/aromatic N) is 2. The first-order valence-corrected chi connectivity index (χ1v) is 11.6. The van der Waals surface area contributed by atoms with Crippen LogP contribution in [0.15, 0.2) is 89.8 Å². The lowest BCUT2D eigenvalue weighted by Crippen LogP contribution is -2.16. The van der Waals surface area contributed by atoms with Crippen molar-refractivity contribution in [3.8, 4) is 5.88 Å². The van der Waals surface area contributed by atoms with Gasteiger partial charge >= 0.3 is 0 Å². The van der Waals surface area contributed by atoms with Crippen molar-refractivity contribution in [1.82, 2.24) is 9.97 Å². The number of fused-ring (bicyclic) bond motifs is 1. The minimum atomic E-state index is -3.81. The van der Waals surface area contributed by atoms with Crippen LogP contribution < -0.4 is 9.46 Å². The van der Waals surface area contributed by atoms with Gasteiger partial charge in [0.05, 0.1) is 22.5 Å². The van der Waals surface area contributed by atoms with Gasteiger partial charge in [-0.2, -0.15) is 0 Å². The summed E-state index contributed by atoms with van der Waals surface area (Å²) in [4.78, 5) is 9.10. The highest BCUT2D eigenvalue weighted by Gasteiger charge is 2.19. The van der Waals surface area contributed by atoms with E-state index in [0.29, 0.717) is 17.6 Å². The molecule has 7 heteroatoms. The maximum Gasteiger partial charge on any atom is 0.263 e. The number of hydrogen-bond acceptors (Lipinski definition) is 5. The molecule has 0 aliphatic rings. The highest BCUT2D eigenvalue weighted by atomic mass is 32.2. The second-order valence-corrected chi connectivity index (χ2v) is 8.76. The third kappa shape index (κ3) is 5.38. The average molecular weight is 434 g/mol. The second-order valence-electron chi connectivity index (χ2n) is 7.08. The monoisotopic (exact) mass is 433 g/mol. The van der Waals surface area contributed by atoms with E-state index >= 15 is 0 Å². The largest absolute Gasteiger partial charge is 0.475 e. The predicted octanol–water partition coefficient (Wildman–Crippen LogP) is 4.83. The molecule has 3 aromatic carbocycles. The first-order valence-electron chi connectivity index (χ1n) is 10.1. The van der Waals surface area contributed by atoms with Crippen LogP contribution in [0.2, 0.25) is 0 Å². The van der Waals surface area contributed by atoms with E-state index in [4.69, 9.17) is 4.74 Å². The Hall–Kier alpha value is -3.45. The molecule has 0 unspecified atom stereocenters. The van der Waals surface area contributed by atoms with Crippen LogP contribution in [0, 0.1) is 0 Å². The number of aromatic nitrogens is 2. The molecule has 1 aromatic heterocycles. The van der Waals surface area contributed by atoms with Gasteiger partial charge in [0.25, 0.3) is 15.9 Å². The van der Waals surface area contributed by atoms with Crippen molar-refractivity contribution >= 4 is 26.9 Å². The highest BCUT2D eigenvalue weighted by molar-refractivity contribution is 7.92. The van der Waals surface area contributed by atoms with Crippen molar-refractivity contribution in [3.05, 3.63) is 90.5 Å². The summed E-state index contributed by atoms with van der Waals surface area (Å²) in [6, 6.07) is 25.7. The number of nitrogens with one attached hydrogen (secondary N) is 1. The van der Waals surface area contributed by atoms with Crippen LogP contribution in [-0.2, 0) is 16.4 Å². The molecule has 0 saturated carbocycles. The Labute approximate surface area is 182 Å². The fourth-order valence-corrected chi connectivity index (χ4v) is 4.20.